The van der Waals surface area contributed by atoms with Gasteiger partial charge in [-0.3, -0.25) is 15.1 Å². The molecule has 0 bridgehead atoms. The highest BCUT2D eigenvalue weighted by Gasteiger charge is 2.13. The molecule has 0 fully saturated rings. The van der Waals surface area contributed by atoms with E-state index in [0.717, 1.165) is 20.8 Å². The first-order valence-corrected chi connectivity index (χ1v) is 13.0. The molecule has 1 aromatic heterocycles. The number of carbonyl (C=O) groups is 3. The highest BCUT2D eigenvalue weighted by atomic mass is 79.9. The number of halogens is 1. The minimum Gasteiger partial charge on any atom is -0.449 e. The third kappa shape index (κ3) is 8.27. The molecule has 0 aliphatic heterocycles. The number of alkyl carbamates (subject to hydrolysis) is 1. The SMILES string of the molecule is CC(COC(=O)Nc1cccc2ccccc12)NC(=O)OCCc1ccc(NC(=O)c2cncc(Br)c2)cc1. The summed E-state index contributed by atoms with van der Waals surface area (Å²) in [5.74, 6) is -0.263. The molecule has 0 aliphatic rings. The average Bonchev–Trinajstić information content (AvgIpc) is 2.93. The summed E-state index contributed by atoms with van der Waals surface area (Å²) >= 11 is 3.30. The second-order valence-corrected chi connectivity index (χ2v) is 9.64. The predicted octanol–water partition coefficient (Wildman–Crippen LogP) is 6.16. The lowest BCUT2D eigenvalue weighted by Crippen LogP contribution is -2.37. The van der Waals surface area contributed by atoms with Crippen LogP contribution in [0.5, 0.6) is 0 Å². The van der Waals surface area contributed by atoms with Gasteiger partial charge in [0.1, 0.15) is 6.61 Å². The van der Waals surface area contributed by atoms with Crippen molar-refractivity contribution < 1.29 is 23.9 Å². The normalized spacial score (nSPS) is 11.3. The van der Waals surface area contributed by atoms with Crippen molar-refractivity contribution in [2.45, 2.75) is 19.4 Å². The molecule has 3 N–H and O–H groups in total. The van der Waals surface area contributed by atoms with Gasteiger partial charge in [-0.1, -0.05) is 48.5 Å². The Morgan fingerprint density at radius 1 is 0.897 bits per heavy atom. The Kier molecular flexibility index (Phi) is 9.47. The molecular formula is C29H27BrN4O5. The summed E-state index contributed by atoms with van der Waals surface area (Å²) in [6, 6.07) is 21.8. The third-order valence-electron chi connectivity index (χ3n) is 5.66. The Balaban J connectivity index is 1.14. The van der Waals surface area contributed by atoms with Crippen molar-refractivity contribution >= 4 is 56.2 Å². The van der Waals surface area contributed by atoms with Crippen LogP contribution in [0, 0.1) is 0 Å². The Bertz CT molecular complexity index is 1460. The molecule has 0 saturated heterocycles. The molecule has 0 aliphatic carbocycles. The van der Waals surface area contributed by atoms with E-state index in [1.807, 2.05) is 48.5 Å². The minimum atomic E-state index is -0.610. The molecule has 0 spiro atoms. The molecule has 4 aromatic rings. The lowest BCUT2D eigenvalue weighted by molar-refractivity contribution is 0.102. The third-order valence-corrected chi connectivity index (χ3v) is 6.09. The fraction of sp³-hybridized carbons (Fsp3) is 0.172. The van der Waals surface area contributed by atoms with Crippen LogP contribution in [0.4, 0.5) is 21.0 Å². The van der Waals surface area contributed by atoms with Crippen LogP contribution in [0.3, 0.4) is 0 Å². The van der Waals surface area contributed by atoms with Gasteiger partial charge in [0.25, 0.3) is 5.91 Å². The number of hydrogen-bond acceptors (Lipinski definition) is 6. The number of pyridine rings is 1. The molecular weight excluding hydrogens is 564 g/mol. The van der Waals surface area contributed by atoms with Gasteiger partial charge in [-0.25, -0.2) is 9.59 Å². The Morgan fingerprint density at radius 2 is 1.67 bits per heavy atom. The summed E-state index contributed by atoms with van der Waals surface area (Å²) in [5, 5.41) is 10.1. The van der Waals surface area contributed by atoms with Crippen LogP contribution in [0.15, 0.2) is 89.7 Å². The standard InChI is InChI=1S/C29H27BrN4O5/c1-19(18-39-29(37)34-26-8-4-6-21-5-2-3-7-25(21)26)32-28(36)38-14-13-20-9-11-24(12-10-20)33-27(35)22-15-23(30)17-31-16-22/h2-12,15-17,19H,13-14,18H2,1H3,(H,32,36)(H,33,35)(H,34,37). The van der Waals surface area contributed by atoms with E-state index < -0.39 is 18.2 Å². The molecule has 0 saturated carbocycles. The summed E-state index contributed by atoms with van der Waals surface area (Å²) in [6.07, 6.45) is 2.38. The van der Waals surface area contributed by atoms with Gasteiger partial charge in [-0.2, -0.15) is 0 Å². The highest BCUT2D eigenvalue weighted by Crippen LogP contribution is 2.23. The van der Waals surface area contributed by atoms with E-state index in [9.17, 15) is 14.4 Å². The summed E-state index contributed by atoms with van der Waals surface area (Å²) in [5.41, 5.74) is 2.67. The Labute approximate surface area is 234 Å². The summed E-state index contributed by atoms with van der Waals surface area (Å²) in [4.78, 5) is 40.7. The number of benzene rings is 3. The first kappa shape index (κ1) is 27.6. The minimum absolute atomic E-state index is 0.0190. The zero-order chi connectivity index (χ0) is 27.6. The van der Waals surface area contributed by atoms with Crippen LogP contribution in [0.25, 0.3) is 10.8 Å². The van der Waals surface area contributed by atoms with Crippen molar-refractivity contribution in [2.24, 2.45) is 0 Å². The Hall–Kier alpha value is -4.44. The fourth-order valence-corrected chi connectivity index (χ4v) is 4.09. The Morgan fingerprint density at radius 3 is 2.46 bits per heavy atom. The maximum absolute atomic E-state index is 12.3. The van der Waals surface area contributed by atoms with E-state index in [-0.39, 0.29) is 19.1 Å². The lowest BCUT2D eigenvalue weighted by atomic mass is 10.1. The van der Waals surface area contributed by atoms with Gasteiger partial charge in [0.2, 0.25) is 0 Å². The molecule has 1 atom stereocenters. The molecule has 200 valence electrons. The second kappa shape index (κ2) is 13.4. The molecule has 3 amide bonds. The van der Waals surface area contributed by atoms with Crippen molar-refractivity contribution in [3.63, 3.8) is 0 Å². The van der Waals surface area contributed by atoms with E-state index in [1.54, 1.807) is 37.4 Å². The van der Waals surface area contributed by atoms with Crippen LogP contribution in [-0.4, -0.2) is 42.3 Å². The zero-order valence-corrected chi connectivity index (χ0v) is 22.7. The zero-order valence-electron chi connectivity index (χ0n) is 21.1. The first-order valence-electron chi connectivity index (χ1n) is 12.2. The van der Waals surface area contributed by atoms with Gasteiger partial charge in [0, 0.05) is 34.4 Å². The lowest BCUT2D eigenvalue weighted by Gasteiger charge is -2.15. The number of anilines is 2. The van der Waals surface area contributed by atoms with Crippen molar-refractivity contribution in [3.05, 3.63) is 101 Å². The monoisotopic (exact) mass is 590 g/mol. The topological polar surface area (TPSA) is 119 Å². The molecule has 0 radical (unpaired) electrons. The number of hydrogen-bond donors (Lipinski definition) is 3. The number of nitrogens with zero attached hydrogens (tertiary/aromatic N) is 1. The number of amides is 3. The van der Waals surface area contributed by atoms with Gasteiger partial charge in [0.15, 0.2) is 0 Å². The summed E-state index contributed by atoms with van der Waals surface area (Å²) in [6.45, 7) is 1.86. The van der Waals surface area contributed by atoms with Crippen molar-refractivity contribution in [2.75, 3.05) is 23.8 Å². The maximum atomic E-state index is 12.3. The van der Waals surface area contributed by atoms with Crippen molar-refractivity contribution in [3.8, 4) is 0 Å². The molecule has 1 heterocycles. The van der Waals surface area contributed by atoms with E-state index in [0.29, 0.717) is 23.4 Å². The number of carbonyl (C=O) groups excluding carboxylic acids is 3. The largest absolute Gasteiger partial charge is 0.449 e. The average molecular weight is 591 g/mol. The first-order chi connectivity index (χ1) is 18.9. The van der Waals surface area contributed by atoms with Crippen molar-refractivity contribution in [1.29, 1.82) is 0 Å². The second-order valence-electron chi connectivity index (χ2n) is 8.72. The van der Waals surface area contributed by atoms with E-state index in [4.69, 9.17) is 9.47 Å². The van der Waals surface area contributed by atoms with E-state index in [2.05, 4.69) is 36.9 Å². The molecule has 9 nitrogen and oxygen atoms in total. The van der Waals surface area contributed by atoms with Crippen molar-refractivity contribution in [1.82, 2.24) is 10.3 Å². The molecule has 10 heteroatoms. The van der Waals surface area contributed by atoms with Gasteiger partial charge in [-0.15, -0.1) is 0 Å². The van der Waals surface area contributed by atoms with Gasteiger partial charge in [-0.05, 0) is 58.1 Å². The van der Waals surface area contributed by atoms with Gasteiger partial charge in [0.05, 0.1) is 23.9 Å². The van der Waals surface area contributed by atoms with Crippen LogP contribution in [-0.2, 0) is 15.9 Å². The molecule has 3 aromatic carbocycles. The quantitative estimate of drug-likeness (QED) is 0.215. The summed E-state index contributed by atoms with van der Waals surface area (Å²) in [7, 11) is 0. The maximum Gasteiger partial charge on any atom is 0.411 e. The van der Waals surface area contributed by atoms with Gasteiger partial charge < -0.3 is 20.1 Å². The van der Waals surface area contributed by atoms with E-state index in [1.165, 1.54) is 6.20 Å². The van der Waals surface area contributed by atoms with E-state index >= 15 is 0 Å². The van der Waals surface area contributed by atoms with Crippen LogP contribution in [0.1, 0.15) is 22.8 Å². The van der Waals surface area contributed by atoms with Gasteiger partial charge >= 0.3 is 12.2 Å². The number of nitrogens with one attached hydrogen (secondary N) is 3. The number of aromatic nitrogens is 1. The summed E-state index contributed by atoms with van der Waals surface area (Å²) < 4.78 is 11.2. The molecule has 4 rings (SSSR count). The molecule has 1 unspecified atom stereocenters. The number of rotatable bonds is 9. The fourth-order valence-electron chi connectivity index (χ4n) is 3.72. The number of ether oxygens (including phenoxy) is 2. The van der Waals surface area contributed by atoms with Crippen LogP contribution >= 0.6 is 15.9 Å². The van der Waals surface area contributed by atoms with Crippen LogP contribution < -0.4 is 16.0 Å². The highest BCUT2D eigenvalue weighted by molar-refractivity contribution is 9.10. The van der Waals surface area contributed by atoms with Crippen LogP contribution in [0.2, 0.25) is 0 Å². The predicted molar refractivity (Wildman–Crippen MR) is 153 cm³/mol. The number of fused-ring (bicyclic) bond motifs is 1. The molecule has 39 heavy (non-hydrogen) atoms. The smallest absolute Gasteiger partial charge is 0.411 e.